The first-order chi connectivity index (χ1) is 13.1. The van der Waals surface area contributed by atoms with Crippen LogP contribution in [0.3, 0.4) is 0 Å². The summed E-state index contributed by atoms with van der Waals surface area (Å²) in [6.07, 6.45) is 2.98. The van der Waals surface area contributed by atoms with Crippen LogP contribution in [0.4, 0.5) is 4.79 Å². The molecule has 8 nitrogen and oxygen atoms in total. The molecule has 0 aromatic heterocycles. The molecule has 0 spiro atoms. The molecule has 1 aromatic rings. The minimum Gasteiger partial charge on any atom is -0.444 e. The van der Waals surface area contributed by atoms with Crippen molar-refractivity contribution in [2.45, 2.75) is 44.2 Å². The minimum absolute atomic E-state index is 0.127. The molecule has 9 heteroatoms. The van der Waals surface area contributed by atoms with E-state index in [1.54, 1.807) is 49.9 Å². The molecule has 2 aliphatic heterocycles. The van der Waals surface area contributed by atoms with Gasteiger partial charge in [-0.2, -0.15) is 4.31 Å². The lowest BCUT2D eigenvalue weighted by Crippen LogP contribution is -2.40. The van der Waals surface area contributed by atoms with E-state index in [9.17, 15) is 18.1 Å². The van der Waals surface area contributed by atoms with E-state index < -0.39 is 21.7 Å². The SMILES string of the molecule is CC(C)(C)OC(=O)N1CCCN(S(=O)(=O)c2cccc3c2C=C[N+](=O)C3)CC1. The number of hydrogen-bond acceptors (Lipinski definition) is 5. The summed E-state index contributed by atoms with van der Waals surface area (Å²) in [7, 11) is -3.75. The Hall–Kier alpha value is -2.26. The Kier molecular flexibility index (Phi) is 5.58. The van der Waals surface area contributed by atoms with Crippen molar-refractivity contribution in [1.29, 1.82) is 0 Å². The second-order valence-corrected chi connectivity index (χ2v) is 9.85. The first-order valence-corrected chi connectivity index (χ1v) is 10.7. The van der Waals surface area contributed by atoms with Gasteiger partial charge in [-0.15, -0.1) is 0 Å². The number of fused-ring (bicyclic) bond motifs is 1. The predicted octanol–water partition coefficient (Wildman–Crippen LogP) is 2.58. The van der Waals surface area contributed by atoms with Gasteiger partial charge < -0.3 is 9.64 Å². The Morgan fingerprint density at radius 3 is 2.61 bits per heavy atom. The van der Waals surface area contributed by atoms with Crippen molar-refractivity contribution in [2.75, 3.05) is 26.2 Å². The van der Waals surface area contributed by atoms with E-state index in [0.717, 1.165) is 4.76 Å². The molecule has 28 heavy (non-hydrogen) atoms. The molecule has 0 radical (unpaired) electrons. The standard InChI is InChI=1S/C19H26N3O5S/c1-19(2,3)27-18(23)20-9-5-10-22(13-12-20)28(25,26)17-7-4-6-15-14-21(24)11-8-16(15)17/h4,6-8,11H,5,9-10,12-14H2,1-3H3/q+1. The van der Waals surface area contributed by atoms with Gasteiger partial charge in [0.15, 0.2) is 0 Å². The van der Waals surface area contributed by atoms with Crippen molar-refractivity contribution in [2.24, 2.45) is 0 Å². The van der Waals surface area contributed by atoms with Gasteiger partial charge in [0.2, 0.25) is 22.8 Å². The predicted molar refractivity (Wildman–Crippen MR) is 104 cm³/mol. The maximum atomic E-state index is 13.3. The molecule has 3 rings (SSSR count). The molecule has 0 saturated carbocycles. The Labute approximate surface area is 165 Å². The van der Waals surface area contributed by atoms with Gasteiger partial charge in [0.05, 0.1) is 4.90 Å². The fraction of sp³-hybridized carbons (Fsp3) is 0.526. The first-order valence-electron chi connectivity index (χ1n) is 9.30. The third kappa shape index (κ3) is 4.41. The van der Waals surface area contributed by atoms with Gasteiger partial charge in [-0.3, -0.25) is 0 Å². The van der Waals surface area contributed by atoms with E-state index in [2.05, 4.69) is 0 Å². The molecule has 0 aliphatic carbocycles. The molecule has 1 fully saturated rings. The van der Waals surface area contributed by atoms with Crippen LogP contribution in [0.1, 0.15) is 38.3 Å². The van der Waals surface area contributed by atoms with Gasteiger partial charge in [0.1, 0.15) is 5.60 Å². The average molecular weight is 409 g/mol. The van der Waals surface area contributed by atoms with Crippen LogP contribution >= 0.6 is 0 Å². The van der Waals surface area contributed by atoms with E-state index in [-0.39, 0.29) is 24.5 Å². The van der Waals surface area contributed by atoms with Crippen molar-refractivity contribution in [3.8, 4) is 0 Å². The summed E-state index contributed by atoms with van der Waals surface area (Å²) in [5, 5.41) is 0. The summed E-state index contributed by atoms with van der Waals surface area (Å²) in [4.78, 5) is 25.6. The van der Waals surface area contributed by atoms with Crippen LogP contribution in [-0.2, 0) is 21.3 Å². The molecule has 152 valence electrons. The smallest absolute Gasteiger partial charge is 0.410 e. The summed E-state index contributed by atoms with van der Waals surface area (Å²) in [5.41, 5.74) is 0.645. The zero-order chi connectivity index (χ0) is 20.5. The summed E-state index contributed by atoms with van der Waals surface area (Å²) >= 11 is 0. The number of rotatable bonds is 2. The van der Waals surface area contributed by atoms with Crippen LogP contribution in [-0.4, -0.2) is 60.3 Å². The fourth-order valence-electron chi connectivity index (χ4n) is 3.30. The minimum atomic E-state index is -3.75. The lowest BCUT2D eigenvalue weighted by molar-refractivity contribution is -0.496. The van der Waals surface area contributed by atoms with Crippen LogP contribution in [0.15, 0.2) is 29.3 Å². The van der Waals surface area contributed by atoms with Crippen molar-refractivity contribution in [3.05, 3.63) is 40.4 Å². The van der Waals surface area contributed by atoms with Crippen molar-refractivity contribution < 1.29 is 22.7 Å². The van der Waals surface area contributed by atoms with Gasteiger partial charge in [0, 0.05) is 53.0 Å². The lowest BCUT2D eigenvalue weighted by Gasteiger charge is -2.26. The highest BCUT2D eigenvalue weighted by molar-refractivity contribution is 7.89. The van der Waals surface area contributed by atoms with E-state index in [4.69, 9.17) is 4.74 Å². The quantitative estimate of drug-likeness (QED) is 0.702. The van der Waals surface area contributed by atoms with Gasteiger partial charge in [-0.25, -0.2) is 13.2 Å². The largest absolute Gasteiger partial charge is 0.444 e. The molecule has 0 atom stereocenters. The molecule has 2 aliphatic rings. The van der Waals surface area contributed by atoms with E-state index in [1.807, 2.05) is 0 Å². The summed E-state index contributed by atoms with van der Waals surface area (Å²) in [6.45, 7) is 6.76. The van der Waals surface area contributed by atoms with Crippen molar-refractivity contribution in [3.63, 3.8) is 0 Å². The molecule has 2 heterocycles. The monoisotopic (exact) mass is 408 g/mol. The molecule has 1 aromatic carbocycles. The van der Waals surface area contributed by atoms with Crippen molar-refractivity contribution in [1.82, 2.24) is 9.21 Å². The Balaban J connectivity index is 1.80. The molecule has 0 unspecified atom stereocenters. The molecule has 0 N–H and O–H groups in total. The zero-order valence-corrected chi connectivity index (χ0v) is 17.2. The van der Waals surface area contributed by atoms with Gasteiger partial charge in [-0.1, -0.05) is 12.1 Å². The Morgan fingerprint density at radius 1 is 1.14 bits per heavy atom. The van der Waals surface area contributed by atoms with E-state index >= 15 is 0 Å². The summed E-state index contributed by atoms with van der Waals surface area (Å²) in [5.74, 6) is 0. The molecule has 1 saturated heterocycles. The Bertz CT molecular complexity index is 918. The molecule has 0 bridgehead atoms. The van der Waals surface area contributed by atoms with Crippen LogP contribution in [0.25, 0.3) is 6.08 Å². The van der Waals surface area contributed by atoms with Gasteiger partial charge >= 0.3 is 6.09 Å². The van der Waals surface area contributed by atoms with Crippen LogP contribution in [0, 0.1) is 4.91 Å². The topological polar surface area (TPSA) is 87.0 Å². The highest BCUT2D eigenvalue weighted by Gasteiger charge is 2.32. The van der Waals surface area contributed by atoms with Crippen molar-refractivity contribution >= 4 is 22.2 Å². The highest BCUT2D eigenvalue weighted by Crippen LogP contribution is 2.28. The number of nitrogens with zero attached hydrogens (tertiary/aromatic N) is 3. The number of benzene rings is 1. The maximum Gasteiger partial charge on any atom is 0.410 e. The molecular weight excluding hydrogens is 382 g/mol. The number of carbonyl (C=O) groups excluding carboxylic acids is 1. The number of ether oxygens (including phenoxy) is 1. The molecule has 1 amide bonds. The number of carbonyl (C=O) groups is 1. The van der Waals surface area contributed by atoms with Crippen LogP contribution < -0.4 is 0 Å². The third-order valence-corrected chi connectivity index (χ3v) is 6.57. The second kappa shape index (κ2) is 7.63. The fourth-order valence-corrected chi connectivity index (χ4v) is 5.00. The number of nitroso groups, excluding NO2 is 1. The number of amides is 1. The second-order valence-electron chi connectivity index (χ2n) is 7.94. The zero-order valence-electron chi connectivity index (χ0n) is 16.4. The summed E-state index contributed by atoms with van der Waals surface area (Å²) < 4.78 is 34.1. The van der Waals surface area contributed by atoms with E-state index in [0.29, 0.717) is 30.6 Å². The van der Waals surface area contributed by atoms with E-state index in [1.165, 1.54) is 10.5 Å². The van der Waals surface area contributed by atoms with Gasteiger partial charge in [-0.05, 0) is 33.3 Å². The van der Waals surface area contributed by atoms with Crippen LogP contribution in [0.5, 0.6) is 0 Å². The average Bonchev–Trinajstić information content (AvgIpc) is 2.86. The highest BCUT2D eigenvalue weighted by atomic mass is 32.2. The maximum absolute atomic E-state index is 13.3. The lowest BCUT2D eigenvalue weighted by atomic mass is 10.1. The first kappa shape index (κ1) is 20.5. The number of hydrogen-bond donors (Lipinski definition) is 0. The third-order valence-electron chi connectivity index (χ3n) is 4.61. The summed E-state index contributed by atoms with van der Waals surface area (Å²) in [6, 6.07) is 4.98. The van der Waals surface area contributed by atoms with Crippen LogP contribution in [0.2, 0.25) is 0 Å². The Morgan fingerprint density at radius 2 is 1.89 bits per heavy atom. The van der Waals surface area contributed by atoms with Gasteiger partial charge in [0.25, 0.3) is 0 Å². The number of sulfonamides is 1. The molecular formula is C19H26N3O5S+. The normalized spacial score (nSPS) is 18.5.